The van der Waals surface area contributed by atoms with Gasteiger partial charge in [0.2, 0.25) is 5.89 Å². The predicted octanol–water partition coefficient (Wildman–Crippen LogP) is 3.71. The molecule has 0 amide bonds. The predicted molar refractivity (Wildman–Crippen MR) is 94.6 cm³/mol. The Labute approximate surface area is 140 Å². The molecular weight excluding hydrogens is 288 g/mol. The first-order valence-corrected chi connectivity index (χ1v) is 9.14. The van der Waals surface area contributed by atoms with Crippen LogP contribution in [0.5, 0.6) is 0 Å². The molecule has 0 aliphatic heterocycles. The summed E-state index contributed by atoms with van der Waals surface area (Å²) in [5.74, 6) is 3.19. The maximum atomic E-state index is 5.59. The first-order chi connectivity index (χ1) is 11.2. The Morgan fingerprint density at radius 1 is 1.13 bits per heavy atom. The molecule has 1 aliphatic rings. The van der Waals surface area contributed by atoms with E-state index in [1.807, 2.05) is 13.8 Å². The molecule has 0 aromatic carbocycles. The van der Waals surface area contributed by atoms with Gasteiger partial charge in [-0.2, -0.15) is 0 Å². The summed E-state index contributed by atoms with van der Waals surface area (Å²) in [5, 5.41) is 6.81. The topological polar surface area (TPSA) is 62.5 Å². The summed E-state index contributed by atoms with van der Waals surface area (Å²) in [7, 11) is 0. The first-order valence-electron chi connectivity index (χ1n) is 9.14. The van der Waals surface area contributed by atoms with Crippen LogP contribution in [0.3, 0.4) is 0 Å². The monoisotopic (exact) mass is 320 g/mol. The summed E-state index contributed by atoms with van der Waals surface area (Å²) in [6.07, 6.45) is 9.62. The number of oxazole rings is 1. The van der Waals surface area contributed by atoms with Crippen molar-refractivity contribution in [2.45, 2.75) is 72.3 Å². The Morgan fingerprint density at radius 2 is 1.83 bits per heavy atom. The Morgan fingerprint density at radius 3 is 2.43 bits per heavy atom. The van der Waals surface area contributed by atoms with E-state index in [-0.39, 0.29) is 0 Å². The highest BCUT2D eigenvalue weighted by Gasteiger charge is 2.12. The molecule has 5 heteroatoms. The van der Waals surface area contributed by atoms with Crippen molar-refractivity contribution in [1.29, 1.82) is 0 Å². The van der Waals surface area contributed by atoms with Crippen LogP contribution in [0.4, 0.5) is 0 Å². The van der Waals surface area contributed by atoms with Crippen LogP contribution in [0.2, 0.25) is 0 Å². The number of hydrogen-bond acceptors (Lipinski definition) is 3. The van der Waals surface area contributed by atoms with Gasteiger partial charge < -0.3 is 15.1 Å². The highest BCUT2D eigenvalue weighted by Crippen LogP contribution is 2.21. The zero-order valence-electron chi connectivity index (χ0n) is 15.0. The van der Waals surface area contributed by atoms with Crippen molar-refractivity contribution < 1.29 is 4.42 Å². The van der Waals surface area contributed by atoms with E-state index in [0.717, 1.165) is 36.4 Å². The van der Waals surface area contributed by atoms with Crippen molar-refractivity contribution in [3.63, 3.8) is 0 Å². The highest BCUT2D eigenvalue weighted by atomic mass is 16.4. The quantitative estimate of drug-likeness (QED) is 0.641. The van der Waals surface area contributed by atoms with Crippen molar-refractivity contribution in [2.24, 2.45) is 10.9 Å². The molecule has 1 fully saturated rings. The molecule has 1 aromatic heterocycles. The number of nitrogens with one attached hydrogen (secondary N) is 2. The summed E-state index contributed by atoms with van der Waals surface area (Å²) < 4.78 is 5.59. The van der Waals surface area contributed by atoms with Gasteiger partial charge in [0.05, 0.1) is 5.69 Å². The van der Waals surface area contributed by atoms with Crippen LogP contribution >= 0.6 is 0 Å². The summed E-state index contributed by atoms with van der Waals surface area (Å²) in [6, 6.07) is 0. The van der Waals surface area contributed by atoms with Crippen LogP contribution in [0.1, 0.15) is 69.2 Å². The SMILES string of the molecule is CCNC(=NCc1nc(C)c(C)o1)NCC1CCCCCCC1. The average molecular weight is 320 g/mol. The zero-order chi connectivity index (χ0) is 16.5. The maximum absolute atomic E-state index is 5.59. The fraction of sp³-hybridized carbons (Fsp3) is 0.778. The third-order valence-corrected chi connectivity index (χ3v) is 4.57. The number of guanidine groups is 1. The lowest BCUT2D eigenvalue weighted by molar-refractivity contribution is 0.375. The Hall–Kier alpha value is -1.52. The fourth-order valence-electron chi connectivity index (χ4n) is 3.08. The Balaban J connectivity index is 1.85. The Kier molecular flexibility index (Phi) is 7.43. The standard InChI is InChI=1S/C18H32N4O/c1-4-19-18(21-13-17-22-14(2)15(3)23-17)20-12-16-10-8-6-5-7-9-11-16/h16H,4-13H2,1-3H3,(H2,19,20,21). The second-order valence-corrected chi connectivity index (χ2v) is 6.54. The van der Waals surface area contributed by atoms with Gasteiger partial charge in [-0.3, -0.25) is 0 Å². The molecule has 0 bridgehead atoms. The van der Waals surface area contributed by atoms with E-state index >= 15 is 0 Å². The van der Waals surface area contributed by atoms with Gasteiger partial charge in [-0.05, 0) is 39.5 Å². The molecule has 0 spiro atoms. The van der Waals surface area contributed by atoms with Gasteiger partial charge in [0.15, 0.2) is 5.96 Å². The van der Waals surface area contributed by atoms with E-state index in [1.165, 1.54) is 44.9 Å². The van der Waals surface area contributed by atoms with Crippen LogP contribution in [0.25, 0.3) is 0 Å². The van der Waals surface area contributed by atoms with Crippen LogP contribution < -0.4 is 10.6 Å². The minimum atomic E-state index is 0.481. The number of hydrogen-bond donors (Lipinski definition) is 2. The summed E-state index contributed by atoms with van der Waals surface area (Å²) in [5.41, 5.74) is 0.947. The molecule has 130 valence electrons. The molecule has 5 nitrogen and oxygen atoms in total. The number of aromatic nitrogens is 1. The van der Waals surface area contributed by atoms with Crippen molar-refractivity contribution in [2.75, 3.05) is 13.1 Å². The van der Waals surface area contributed by atoms with Gasteiger partial charge >= 0.3 is 0 Å². The van der Waals surface area contributed by atoms with Crippen LogP contribution in [-0.4, -0.2) is 24.0 Å². The lowest BCUT2D eigenvalue weighted by atomic mass is 9.91. The molecule has 2 rings (SSSR count). The maximum Gasteiger partial charge on any atom is 0.216 e. The number of rotatable bonds is 5. The van der Waals surface area contributed by atoms with Crippen LogP contribution in [0.15, 0.2) is 9.41 Å². The van der Waals surface area contributed by atoms with Crippen molar-refractivity contribution in [3.05, 3.63) is 17.3 Å². The first kappa shape index (κ1) is 17.8. The van der Waals surface area contributed by atoms with Gasteiger partial charge in [-0.1, -0.05) is 32.1 Å². The smallest absolute Gasteiger partial charge is 0.216 e. The molecule has 1 heterocycles. The van der Waals surface area contributed by atoms with Crippen molar-refractivity contribution in [1.82, 2.24) is 15.6 Å². The zero-order valence-corrected chi connectivity index (χ0v) is 15.0. The molecule has 0 radical (unpaired) electrons. The van der Waals surface area contributed by atoms with Crippen LogP contribution in [-0.2, 0) is 6.54 Å². The lowest BCUT2D eigenvalue weighted by Crippen LogP contribution is -2.40. The van der Waals surface area contributed by atoms with Gasteiger partial charge in [0, 0.05) is 13.1 Å². The third kappa shape index (κ3) is 6.24. The average Bonchev–Trinajstić information content (AvgIpc) is 2.82. The van der Waals surface area contributed by atoms with E-state index in [0.29, 0.717) is 12.4 Å². The highest BCUT2D eigenvalue weighted by molar-refractivity contribution is 5.79. The second kappa shape index (κ2) is 9.58. The molecule has 2 N–H and O–H groups in total. The molecule has 0 saturated heterocycles. The molecule has 1 saturated carbocycles. The summed E-state index contributed by atoms with van der Waals surface area (Å²) in [4.78, 5) is 8.99. The second-order valence-electron chi connectivity index (χ2n) is 6.54. The minimum Gasteiger partial charge on any atom is -0.444 e. The summed E-state index contributed by atoms with van der Waals surface area (Å²) >= 11 is 0. The van der Waals surface area contributed by atoms with E-state index < -0.39 is 0 Å². The third-order valence-electron chi connectivity index (χ3n) is 4.57. The van der Waals surface area contributed by atoms with Gasteiger partial charge in [0.25, 0.3) is 0 Å². The molecule has 0 atom stereocenters. The normalized spacial score (nSPS) is 17.6. The molecular formula is C18H32N4O. The van der Waals surface area contributed by atoms with Crippen molar-refractivity contribution >= 4 is 5.96 Å². The van der Waals surface area contributed by atoms with E-state index in [2.05, 4.69) is 27.5 Å². The molecule has 1 aromatic rings. The lowest BCUT2D eigenvalue weighted by Gasteiger charge is -2.21. The van der Waals surface area contributed by atoms with Gasteiger partial charge in [-0.15, -0.1) is 0 Å². The molecule has 23 heavy (non-hydrogen) atoms. The summed E-state index contributed by atoms with van der Waals surface area (Å²) in [6.45, 7) is 8.34. The number of aryl methyl sites for hydroxylation is 2. The van der Waals surface area contributed by atoms with Gasteiger partial charge in [0.1, 0.15) is 12.3 Å². The fourth-order valence-corrected chi connectivity index (χ4v) is 3.08. The number of nitrogens with zero attached hydrogens (tertiary/aromatic N) is 2. The molecule has 1 aliphatic carbocycles. The minimum absolute atomic E-state index is 0.481. The Bertz CT molecular complexity index is 468. The van der Waals surface area contributed by atoms with E-state index in [9.17, 15) is 0 Å². The van der Waals surface area contributed by atoms with Gasteiger partial charge in [-0.25, -0.2) is 9.98 Å². The van der Waals surface area contributed by atoms with E-state index in [4.69, 9.17) is 4.42 Å². The van der Waals surface area contributed by atoms with Crippen molar-refractivity contribution in [3.8, 4) is 0 Å². The molecule has 0 unspecified atom stereocenters. The van der Waals surface area contributed by atoms with Crippen LogP contribution in [0, 0.1) is 19.8 Å². The largest absolute Gasteiger partial charge is 0.444 e. The number of aliphatic imine (C=N–C) groups is 1. The van der Waals surface area contributed by atoms with E-state index in [1.54, 1.807) is 0 Å².